The number of amides is 1. The molecule has 4 nitrogen and oxygen atoms in total. The van der Waals surface area contributed by atoms with E-state index in [2.05, 4.69) is 10.3 Å². The fourth-order valence-electron chi connectivity index (χ4n) is 1.66. The summed E-state index contributed by atoms with van der Waals surface area (Å²) in [5.41, 5.74) is 7.58. The van der Waals surface area contributed by atoms with Crippen LogP contribution in [0.3, 0.4) is 0 Å². The van der Waals surface area contributed by atoms with Gasteiger partial charge in [0.2, 0.25) is 0 Å². The van der Waals surface area contributed by atoms with E-state index < -0.39 is 11.7 Å². The smallest absolute Gasteiger partial charge is 0.255 e. The number of nitrogens with one attached hydrogen (secondary N) is 1. The Morgan fingerprint density at radius 1 is 1.35 bits per heavy atom. The lowest BCUT2D eigenvalue weighted by atomic mass is 10.1. The van der Waals surface area contributed by atoms with Gasteiger partial charge >= 0.3 is 0 Å². The Kier molecular flexibility index (Phi) is 3.90. The van der Waals surface area contributed by atoms with Gasteiger partial charge in [0.15, 0.2) is 0 Å². The third-order valence-corrected chi connectivity index (χ3v) is 3.31. The molecule has 1 aromatic heterocycles. The van der Waals surface area contributed by atoms with Crippen LogP contribution in [0.5, 0.6) is 0 Å². The van der Waals surface area contributed by atoms with Crippen molar-refractivity contribution < 1.29 is 9.18 Å². The molecule has 0 saturated carbocycles. The van der Waals surface area contributed by atoms with Gasteiger partial charge in [-0.15, -0.1) is 0 Å². The summed E-state index contributed by atoms with van der Waals surface area (Å²) in [6.07, 6.45) is 1.43. The van der Waals surface area contributed by atoms with Gasteiger partial charge in [-0.05, 0) is 37.6 Å². The SMILES string of the molecule is Cc1cc(NC(=O)c2cc(N)c(C)c(F)c2)cnc1Cl. The first-order valence-electron chi connectivity index (χ1n) is 5.87. The number of anilines is 2. The van der Waals surface area contributed by atoms with Crippen LogP contribution in [-0.2, 0) is 0 Å². The van der Waals surface area contributed by atoms with E-state index >= 15 is 0 Å². The molecule has 0 saturated heterocycles. The van der Waals surface area contributed by atoms with Crippen LogP contribution in [0.2, 0.25) is 5.15 Å². The van der Waals surface area contributed by atoms with E-state index in [4.69, 9.17) is 17.3 Å². The highest BCUT2D eigenvalue weighted by Crippen LogP contribution is 2.20. The van der Waals surface area contributed by atoms with E-state index in [1.165, 1.54) is 12.3 Å². The molecule has 0 aliphatic heterocycles. The molecule has 2 aromatic rings. The van der Waals surface area contributed by atoms with Gasteiger partial charge in [0, 0.05) is 16.8 Å². The predicted octanol–water partition coefficient (Wildman–Crippen LogP) is 3.33. The molecule has 0 aliphatic rings. The summed E-state index contributed by atoms with van der Waals surface area (Å²) in [5.74, 6) is -0.973. The molecule has 3 N–H and O–H groups in total. The predicted molar refractivity (Wildman–Crippen MR) is 77.5 cm³/mol. The first-order chi connectivity index (χ1) is 9.38. The largest absolute Gasteiger partial charge is 0.398 e. The van der Waals surface area contributed by atoms with Crippen LogP contribution < -0.4 is 11.1 Å². The van der Waals surface area contributed by atoms with Gasteiger partial charge in [-0.1, -0.05) is 11.6 Å². The maximum atomic E-state index is 13.6. The Morgan fingerprint density at radius 2 is 2.05 bits per heavy atom. The zero-order valence-electron chi connectivity index (χ0n) is 11.0. The number of pyridine rings is 1. The van der Waals surface area contributed by atoms with Gasteiger partial charge in [-0.3, -0.25) is 4.79 Å². The van der Waals surface area contributed by atoms with E-state index in [0.717, 1.165) is 11.6 Å². The fraction of sp³-hybridized carbons (Fsp3) is 0.143. The Balaban J connectivity index is 2.26. The van der Waals surface area contributed by atoms with Crippen molar-refractivity contribution in [3.8, 4) is 0 Å². The molecule has 0 aliphatic carbocycles. The molecule has 104 valence electrons. The zero-order valence-corrected chi connectivity index (χ0v) is 11.8. The minimum Gasteiger partial charge on any atom is -0.398 e. The van der Waals surface area contributed by atoms with E-state index in [1.54, 1.807) is 19.9 Å². The van der Waals surface area contributed by atoms with Crippen molar-refractivity contribution in [2.24, 2.45) is 0 Å². The molecule has 1 heterocycles. The van der Waals surface area contributed by atoms with E-state index in [0.29, 0.717) is 16.4 Å². The molecular formula is C14H13ClFN3O. The van der Waals surface area contributed by atoms with Crippen molar-refractivity contribution in [2.75, 3.05) is 11.1 Å². The summed E-state index contributed by atoms with van der Waals surface area (Å²) in [6.45, 7) is 3.33. The average Bonchev–Trinajstić information content (AvgIpc) is 2.39. The number of nitrogen functional groups attached to an aromatic ring is 1. The maximum absolute atomic E-state index is 13.6. The fourth-order valence-corrected chi connectivity index (χ4v) is 1.76. The molecule has 20 heavy (non-hydrogen) atoms. The lowest BCUT2D eigenvalue weighted by molar-refractivity contribution is 0.102. The number of halogens is 2. The summed E-state index contributed by atoms with van der Waals surface area (Å²) in [4.78, 5) is 16.0. The molecule has 0 bridgehead atoms. The van der Waals surface area contributed by atoms with Crippen LogP contribution in [0.1, 0.15) is 21.5 Å². The zero-order chi connectivity index (χ0) is 14.9. The lowest BCUT2D eigenvalue weighted by Gasteiger charge is -2.09. The summed E-state index contributed by atoms with van der Waals surface area (Å²) in [6, 6.07) is 4.27. The minimum absolute atomic E-state index is 0.151. The maximum Gasteiger partial charge on any atom is 0.255 e. The number of carbonyl (C=O) groups excluding carboxylic acids is 1. The second kappa shape index (κ2) is 5.46. The Hall–Kier alpha value is -2.14. The Bertz CT molecular complexity index is 665. The first kappa shape index (κ1) is 14.3. The van der Waals surface area contributed by atoms with Crippen molar-refractivity contribution in [1.29, 1.82) is 0 Å². The van der Waals surface area contributed by atoms with E-state index in [9.17, 15) is 9.18 Å². The number of nitrogens with two attached hydrogens (primary N) is 1. The summed E-state index contributed by atoms with van der Waals surface area (Å²) >= 11 is 5.80. The Morgan fingerprint density at radius 3 is 2.65 bits per heavy atom. The molecule has 0 unspecified atom stereocenters. The minimum atomic E-state index is -0.513. The first-order valence-corrected chi connectivity index (χ1v) is 6.25. The van der Waals surface area contributed by atoms with E-state index in [-0.39, 0.29) is 11.3 Å². The second-order valence-corrected chi connectivity index (χ2v) is 4.82. The van der Waals surface area contributed by atoms with Crippen LogP contribution in [0.15, 0.2) is 24.4 Å². The summed E-state index contributed by atoms with van der Waals surface area (Å²) in [5, 5.41) is 2.99. The van der Waals surface area contributed by atoms with Gasteiger partial charge in [0.1, 0.15) is 11.0 Å². The number of hydrogen-bond acceptors (Lipinski definition) is 3. The number of rotatable bonds is 2. The van der Waals surface area contributed by atoms with Gasteiger partial charge in [-0.2, -0.15) is 0 Å². The quantitative estimate of drug-likeness (QED) is 0.659. The molecule has 0 atom stereocenters. The number of carbonyl (C=O) groups is 1. The highest BCUT2D eigenvalue weighted by atomic mass is 35.5. The highest BCUT2D eigenvalue weighted by Gasteiger charge is 2.12. The van der Waals surface area contributed by atoms with Crippen molar-refractivity contribution in [1.82, 2.24) is 4.98 Å². The van der Waals surface area contributed by atoms with Crippen LogP contribution >= 0.6 is 11.6 Å². The average molecular weight is 294 g/mol. The molecule has 1 amide bonds. The molecule has 2 rings (SSSR count). The van der Waals surface area contributed by atoms with Crippen molar-refractivity contribution in [3.63, 3.8) is 0 Å². The molecule has 0 radical (unpaired) electrons. The van der Waals surface area contributed by atoms with Gasteiger partial charge < -0.3 is 11.1 Å². The van der Waals surface area contributed by atoms with Crippen molar-refractivity contribution in [2.45, 2.75) is 13.8 Å². The van der Waals surface area contributed by atoms with Crippen LogP contribution in [-0.4, -0.2) is 10.9 Å². The van der Waals surface area contributed by atoms with Crippen LogP contribution in [0, 0.1) is 19.7 Å². The highest BCUT2D eigenvalue weighted by molar-refractivity contribution is 6.30. The van der Waals surface area contributed by atoms with Crippen molar-refractivity contribution in [3.05, 3.63) is 52.1 Å². The number of aromatic nitrogens is 1. The Labute approximate surface area is 120 Å². The molecular weight excluding hydrogens is 281 g/mol. The number of aryl methyl sites for hydroxylation is 1. The lowest BCUT2D eigenvalue weighted by Crippen LogP contribution is -2.13. The van der Waals surface area contributed by atoms with Crippen LogP contribution in [0.25, 0.3) is 0 Å². The molecule has 0 fully saturated rings. The number of hydrogen-bond donors (Lipinski definition) is 2. The van der Waals surface area contributed by atoms with Crippen molar-refractivity contribution >= 4 is 28.9 Å². The molecule has 0 spiro atoms. The van der Waals surface area contributed by atoms with E-state index in [1.807, 2.05) is 0 Å². The monoisotopic (exact) mass is 293 g/mol. The van der Waals surface area contributed by atoms with Crippen LogP contribution in [0.4, 0.5) is 15.8 Å². The van der Waals surface area contributed by atoms with Gasteiger partial charge in [0.05, 0.1) is 11.9 Å². The van der Waals surface area contributed by atoms with Gasteiger partial charge in [-0.25, -0.2) is 9.37 Å². The third-order valence-electron chi connectivity index (χ3n) is 2.92. The topological polar surface area (TPSA) is 68.0 Å². The number of benzene rings is 1. The third kappa shape index (κ3) is 2.88. The molecule has 6 heteroatoms. The number of nitrogens with zero attached hydrogens (tertiary/aromatic N) is 1. The normalized spacial score (nSPS) is 10.4. The second-order valence-electron chi connectivity index (χ2n) is 4.46. The standard InChI is InChI=1S/C14H13ClFN3O/c1-7-3-10(6-18-13(7)15)19-14(20)9-4-11(16)8(2)12(17)5-9/h3-6H,17H2,1-2H3,(H,19,20). The summed E-state index contributed by atoms with van der Waals surface area (Å²) < 4.78 is 13.6. The summed E-state index contributed by atoms with van der Waals surface area (Å²) in [7, 11) is 0. The molecule has 1 aromatic carbocycles. The van der Waals surface area contributed by atoms with Gasteiger partial charge in [0.25, 0.3) is 5.91 Å².